The molecule has 0 aliphatic heterocycles. The molecule has 0 saturated heterocycles. The van der Waals surface area contributed by atoms with Gasteiger partial charge in [0.15, 0.2) is 0 Å². The molecule has 2 aliphatic carbocycles. The molecular formula is C40H46N4O4. The summed E-state index contributed by atoms with van der Waals surface area (Å²) in [6, 6.07) is 32.9. The molecule has 2 aliphatic rings. The van der Waals surface area contributed by atoms with E-state index in [9.17, 15) is 19.8 Å². The number of amides is 2. The smallest absolute Gasteiger partial charge is 0.407 e. The van der Waals surface area contributed by atoms with Gasteiger partial charge in [-0.1, -0.05) is 97.1 Å². The minimum absolute atomic E-state index is 0.0296. The van der Waals surface area contributed by atoms with E-state index >= 15 is 0 Å². The molecule has 2 atom stereocenters. The molecule has 4 aromatic carbocycles. The maximum Gasteiger partial charge on any atom is 0.407 e. The van der Waals surface area contributed by atoms with E-state index < -0.39 is 12.2 Å². The topological polar surface area (TPSA) is 133 Å². The molecule has 0 aromatic heterocycles. The van der Waals surface area contributed by atoms with Gasteiger partial charge in [-0.2, -0.15) is 0 Å². The van der Waals surface area contributed by atoms with Crippen LogP contribution in [0.1, 0.15) is 72.6 Å². The second kappa shape index (κ2) is 15.0. The number of nitrogens with zero attached hydrogens (tertiary/aromatic N) is 2. The summed E-state index contributed by atoms with van der Waals surface area (Å²) < 4.78 is 0. The molecule has 250 valence electrons. The van der Waals surface area contributed by atoms with Gasteiger partial charge in [0, 0.05) is 37.0 Å². The molecule has 0 spiro atoms. The van der Waals surface area contributed by atoms with Crippen LogP contribution in [0.5, 0.6) is 0 Å². The van der Waals surface area contributed by atoms with Gasteiger partial charge in [-0.05, 0) is 96.1 Å². The fraction of sp³-hybridized carbons (Fsp3) is 0.350. The van der Waals surface area contributed by atoms with E-state index in [1.54, 1.807) is 9.80 Å². The highest BCUT2D eigenvalue weighted by molar-refractivity contribution is 5.80. The Morgan fingerprint density at radius 1 is 0.542 bits per heavy atom. The summed E-state index contributed by atoms with van der Waals surface area (Å²) in [4.78, 5) is 28.8. The van der Waals surface area contributed by atoms with Gasteiger partial charge in [-0.3, -0.25) is 0 Å². The zero-order chi connectivity index (χ0) is 33.6. The van der Waals surface area contributed by atoms with Crippen molar-refractivity contribution in [2.45, 2.75) is 62.4 Å². The van der Waals surface area contributed by atoms with Crippen LogP contribution in [0.25, 0.3) is 22.3 Å². The summed E-state index contributed by atoms with van der Waals surface area (Å²) in [6.45, 7) is 1.44. The molecule has 8 nitrogen and oxygen atoms in total. The number of hydrogen-bond donors (Lipinski definition) is 4. The fourth-order valence-electron chi connectivity index (χ4n) is 8.15. The Labute approximate surface area is 283 Å². The van der Waals surface area contributed by atoms with Gasteiger partial charge in [0.2, 0.25) is 0 Å². The van der Waals surface area contributed by atoms with Gasteiger partial charge in [-0.25, -0.2) is 9.59 Å². The molecule has 0 radical (unpaired) electrons. The number of nitrogens with two attached hydrogens (primary N) is 2. The molecule has 8 heteroatoms. The van der Waals surface area contributed by atoms with Crippen molar-refractivity contribution >= 4 is 12.2 Å². The second-order valence-corrected chi connectivity index (χ2v) is 13.0. The number of fused-ring (bicyclic) bond motifs is 6. The first-order valence-corrected chi connectivity index (χ1v) is 17.2. The first-order valence-electron chi connectivity index (χ1n) is 17.2. The molecule has 0 heterocycles. The first kappa shape index (κ1) is 33.2. The lowest BCUT2D eigenvalue weighted by atomic mass is 9.84. The van der Waals surface area contributed by atoms with Crippen molar-refractivity contribution in [1.82, 2.24) is 9.80 Å². The normalized spacial score (nSPS) is 14.5. The highest BCUT2D eigenvalue weighted by Gasteiger charge is 2.37. The zero-order valence-electron chi connectivity index (χ0n) is 27.4. The predicted molar refractivity (Wildman–Crippen MR) is 190 cm³/mol. The lowest BCUT2D eigenvalue weighted by molar-refractivity contribution is 0.0985. The van der Waals surface area contributed by atoms with E-state index in [-0.39, 0.29) is 23.9 Å². The number of rotatable bonds is 15. The van der Waals surface area contributed by atoms with Crippen molar-refractivity contribution in [3.63, 3.8) is 0 Å². The minimum atomic E-state index is -0.971. The maximum absolute atomic E-state index is 12.9. The summed E-state index contributed by atoms with van der Waals surface area (Å²) in [7, 11) is 0. The third-order valence-corrected chi connectivity index (χ3v) is 10.4. The SMILES string of the molecule is NCCCN(C(=O)O)C(CCC(CC1c2ccccc2-c2ccccc21)N(CCCN)C(=O)O)CC1c2ccccc2-c2ccccc21. The van der Waals surface area contributed by atoms with Gasteiger partial charge in [-0.15, -0.1) is 0 Å². The fourth-order valence-corrected chi connectivity index (χ4v) is 8.15. The van der Waals surface area contributed by atoms with Gasteiger partial charge in [0.1, 0.15) is 0 Å². The second-order valence-electron chi connectivity index (χ2n) is 13.0. The first-order chi connectivity index (χ1) is 23.4. The number of benzene rings is 4. The highest BCUT2D eigenvalue weighted by Crippen LogP contribution is 2.49. The monoisotopic (exact) mass is 646 g/mol. The molecule has 6 N–H and O–H groups in total. The Bertz CT molecular complexity index is 1520. The summed E-state index contributed by atoms with van der Waals surface area (Å²) in [6.07, 6.45) is 1.40. The molecular weight excluding hydrogens is 600 g/mol. The lowest BCUT2D eigenvalue weighted by Gasteiger charge is -2.36. The van der Waals surface area contributed by atoms with Crippen LogP contribution in [-0.4, -0.2) is 70.5 Å². The van der Waals surface area contributed by atoms with Crippen LogP contribution in [0.2, 0.25) is 0 Å². The molecule has 0 saturated carbocycles. The van der Waals surface area contributed by atoms with E-state index in [0.717, 1.165) is 0 Å². The Morgan fingerprint density at radius 2 is 0.833 bits per heavy atom. The minimum Gasteiger partial charge on any atom is -0.465 e. The quantitative estimate of drug-likeness (QED) is 0.105. The van der Waals surface area contributed by atoms with Crippen molar-refractivity contribution in [1.29, 1.82) is 0 Å². The van der Waals surface area contributed by atoms with Crippen LogP contribution in [0.3, 0.4) is 0 Å². The van der Waals surface area contributed by atoms with Crippen LogP contribution >= 0.6 is 0 Å². The zero-order valence-corrected chi connectivity index (χ0v) is 27.4. The number of carboxylic acid groups (broad SMARTS) is 2. The van der Waals surface area contributed by atoms with E-state index in [4.69, 9.17) is 11.5 Å². The van der Waals surface area contributed by atoms with Crippen LogP contribution in [0.15, 0.2) is 97.1 Å². The Morgan fingerprint density at radius 3 is 1.10 bits per heavy atom. The standard InChI is InChI=1S/C40H46N4O4/c41-21-9-23-43(39(45)46)27(25-37-33-15-5-1-11-29(33)30-12-2-6-16-34(30)37)19-20-28(44(40(47)48)24-10-22-42)26-38-35-17-7-3-13-31(35)32-14-4-8-18-36(32)38/h1-8,11-18,27-28,37-38H,9-10,19-26,41-42H2,(H,45,46)(H,47,48). The van der Waals surface area contributed by atoms with Crippen molar-refractivity contribution in [2.24, 2.45) is 11.5 Å². The molecule has 0 fully saturated rings. The summed E-state index contributed by atoms with van der Waals surface area (Å²) in [5.74, 6) is 0.0592. The summed E-state index contributed by atoms with van der Waals surface area (Å²) in [5.41, 5.74) is 21.3. The van der Waals surface area contributed by atoms with E-state index in [0.29, 0.717) is 64.7 Å². The average Bonchev–Trinajstić information content (AvgIpc) is 3.59. The molecule has 2 unspecified atom stereocenters. The van der Waals surface area contributed by atoms with Crippen LogP contribution < -0.4 is 11.5 Å². The van der Waals surface area contributed by atoms with Crippen LogP contribution in [-0.2, 0) is 0 Å². The van der Waals surface area contributed by atoms with Crippen molar-refractivity contribution in [2.75, 3.05) is 26.2 Å². The third-order valence-electron chi connectivity index (χ3n) is 10.4. The number of carbonyl (C=O) groups is 2. The molecule has 48 heavy (non-hydrogen) atoms. The predicted octanol–water partition coefficient (Wildman–Crippen LogP) is 7.57. The average molecular weight is 647 g/mol. The Hall–Kier alpha value is -4.66. The van der Waals surface area contributed by atoms with Gasteiger partial charge < -0.3 is 31.5 Å². The lowest BCUT2D eigenvalue weighted by Crippen LogP contribution is -2.45. The Kier molecular flexibility index (Phi) is 10.4. The van der Waals surface area contributed by atoms with E-state index in [1.165, 1.54) is 44.5 Å². The molecule has 4 aromatic rings. The van der Waals surface area contributed by atoms with Gasteiger partial charge in [0.05, 0.1) is 0 Å². The summed E-state index contributed by atoms with van der Waals surface area (Å²) in [5, 5.41) is 21.1. The molecule has 2 amide bonds. The maximum atomic E-state index is 12.9. The molecule has 0 bridgehead atoms. The molecule has 6 rings (SSSR count). The highest BCUT2D eigenvalue weighted by atomic mass is 16.4. The largest absolute Gasteiger partial charge is 0.465 e. The van der Waals surface area contributed by atoms with Gasteiger partial charge in [0.25, 0.3) is 0 Å². The van der Waals surface area contributed by atoms with Crippen LogP contribution in [0, 0.1) is 0 Å². The van der Waals surface area contributed by atoms with Crippen molar-refractivity contribution in [3.8, 4) is 22.3 Å². The van der Waals surface area contributed by atoms with Crippen LogP contribution in [0.4, 0.5) is 9.59 Å². The Balaban J connectivity index is 1.34. The number of hydrogen-bond acceptors (Lipinski definition) is 4. The van der Waals surface area contributed by atoms with Crippen molar-refractivity contribution < 1.29 is 19.8 Å². The van der Waals surface area contributed by atoms with Crippen molar-refractivity contribution in [3.05, 3.63) is 119 Å². The van der Waals surface area contributed by atoms with E-state index in [2.05, 4.69) is 48.5 Å². The van der Waals surface area contributed by atoms with E-state index in [1.807, 2.05) is 48.5 Å². The third kappa shape index (κ3) is 6.68. The summed E-state index contributed by atoms with van der Waals surface area (Å²) >= 11 is 0. The van der Waals surface area contributed by atoms with Gasteiger partial charge >= 0.3 is 12.2 Å².